The van der Waals surface area contributed by atoms with Crippen LogP contribution in [0.5, 0.6) is 0 Å². The summed E-state index contributed by atoms with van der Waals surface area (Å²) in [5.74, 6) is 0. The van der Waals surface area contributed by atoms with Crippen molar-refractivity contribution in [3.63, 3.8) is 0 Å². The molecule has 2 nitrogen and oxygen atoms in total. The minimum Gasteiger partial charge on any atom is -0.371 e. The lowest BCUT2D eigenvalue weighted by Gasteiger charge is -2.34. The molecule has 0 atom stereocenters. The maximum atomic E-state index is 3.43. The summed E-state index contributed by atoms with van der Waals surface area (Å²) in [6, 6.07) is 15.9. The van der Waals surface area contributed by atoms with Crippen LogP contribution in [0.2, 0.25) is 0 Å². The van der Waals surface area contributed by atoms with Gasteiger partial charge in [0.05, 0.1) is 0 Å². The molecule has 0 radical (unpaired) electrons. The Labute approximate surface area is 133 Å². The lowest BCUT2D eigenvalue weighted by Crippen LogP contribution is -2.41. The van der Waals surface area contributed by atoms with Crippen molar-refractivity contribution >= 4 is 41.3 Å². The number of hydrogen-bond donors (Lipinski definition) is 1. The first-order chi connectivity index (χ1) is 8.86. The van der Waals surface area contributed by atoms with Gasteiger partial charge in [0.2, 0.25) is 0 Å². The third kappa shape index (κ3) is 3.38. The third-order valence-corrected chi connectivity index (χ3v) is 4.00. The van der Waals surface area contributed by atoms with Gasteiger partial charge in [0, 0.05) is 24.2 Å². The predicted octanol–water partition coefficient (Wildman–Crippen LogP) is 3.87. The zero-order valence-electron chi connectivity index (χ0n) is 11.7. The SMILES string of the molecule is CN(c1cccc2ccccc12)C1CCNCC1.Cl.Cl. The van der Waals surface area contributed by atoms with Crippen LogP contribution in [0.4, 0.5) is 5.69 Å². The Morgan fingerprint density at radius 3 is 2.35 bits per heavy atom. The second kappa shape index (κ2) is 7.72. The van der Waals surface area contributed by atoms with Crippen molar-refractivity contribution < 1.29 is 0 Å². The summed E-state index contributed by atoms with van der Waals surface area (Å²) in [5.41, 5.74) is 1.36. The molecule has 0 bridgehead atoms. The average Bonchev–Trinajstić information content (AvgIpc) is 2.47. The Hall–Kier alpha value is -0.960. The van der Waals surface area contributed by atoms with Crippen molar-refractivity contribution in [2.24, 2.45) is 0 Å². The molecular formula is C16H22Cl2N2. The molecule has 1 fully saturated rings. The number of nitrogens with zero attached hydrogens (tertiary/aromatic N) is 1. The highest BCUT2D eigenvalue weighted by atomic mass is 35.5. The van der Waals surface area contributed by atoms with E-state index in [1.54, 1.807) is 0 Å². The third-order valence-electron chi connectivity index (χ3n) is 4.00. The van der Waals surface area contributed by atoms with Crippen LogP contribution in [0.25, 0.3) is 10.8 Å². The van der Waals surface area contributed by atoms with Crippen LogP contribution in [0.15, 0.2) is 42.5 Å². The van der Waals surface area contributed by atoms with Crippen LogP contribution in [0.3, 0.4) is 0 Å². The summed E-state index contributed by atoms with van der Waals surface area (Å²) in [6.07, 6.45) is 2.47. The van der Waals surface area contributed by atoms with Gasteiger partial charge in [-0.25, -0.2) is 0 Å². The van der Waals surface area contributed by atoms with Gasteiger partial charge in [0.25, 0.3) is 0 Å². The average molecular weight is 313 g/mol. The quantitative estimate of drug-likeness (QED) is 0.905. The van der Waals surface area contributed by atoms with E-state index >= 15 is 0 Å². The lowest BCUT2D eigenvalue weighted by molar-refractivity contribution is 0.444. The van der Waals surface area contributed by atoms with E-state index in [1.807, 2.05) is 0 Å². The highest BCUT2D eigenvalue weighted by Gasteiger charge is 2.19. The molecule has 20 heavy (non-hydrogen) atoms. The largest absolute Gasteiger partial charge is 0.371 e. The number of nitrogens with one attached hydrogen (secondary N) is 1. The summed E-state index contributed by atoms with van der Waals surface area (Å²) < 4.78 is 0. The Morgan fingerprint density at radius 2 is 1.60 bits per heavy atom. The normalized spacial score (nSPS) is 15.2. The number of benzene rings is 2. The Morgan fingerprint density at radius 1 is 0.950 bits per heavy atom. The first kappa shape index (κ1) is 17.1. The fourth-order valence-corrected chi connectivity index (χ4v) is 2.91. The van der Waals surface area contributed by atoms with Gasteiger partial charge in [-0.3, -0.25) is 0 Å². The lowest BCUT2D eigenvalue weighted by atomic mass is 10.0. The molecule has 1 aliphatic rings. The molecule has 1 aliphatic heterocycles. The van der Waals surface area contributed by atoms with Crippen molar-refractivity contribution in [3.05, 3.63) is 42.5 Å². The molecule has 1 N–H and O–H groups in total. The van der Waals surface area contributed by atoms with Crippen molar-refractivity contribution in [2.45, 2.75) is 18.9 Å². The maximum Gasteiger partial charge on any atom is 0.0445 e. The van der Waals surface area contributed by atoms with Crippen LogP contribution >= 0.6 is 24.8 Å². The van der Waals surface area contributed by atoms with Gasteiger partial charge in [-0.2, -0.15) is 0 Å². The Kier molecular flexibility index (Phi) is 6.60. The molecule has 4 heteroatoms. The number of fused-ring (bicyclic) bond motifs is 1. The van der Waals surface area contributed by atoms with Crippen molar-refractivity contribution in [1.82, 2.24) is 5.32 Å². The summed E-state index contributed by atoms with van der Waals surface area (Å²) in [4.78, 5) is 2.46. The molecule has 0 unspecified atom stereocenters. The number of piperidine rings is 1. The van der Waals surface area contributed by atoms with Gasteiger partial charge in [0.15, 0.2) is 0 Å². The van der Waals surface area contributed by atoms with E-state index in [-0.39, 0.29) is 24.8 Å². The second-order valence-electron chi connectivity index (χ2n) is 5.09. The number of halogens is 2. The van der Waals surface area contributed by atoms with Crippen molar-refractivity contribution in [3.8, 4) is 0 Å². The molecule has 1 heterocycles. The zero-order valence-corrected chi connectivity index (χ0v) is 13.3. The molecule has 0 aliphatic carbocycles. The van der Waals surface area contributed by atoms with Gasteiger partial charge in [0.1, 0.15) is 0 Å². The number of rotatable bonds is 2. The van der Waals surface area contributed by atoms with Crippen molar-refractivity contribution in [1.29, 1.82) is 0 Å². The number of hydrogen-bond acceptors (Lipinski definition) is 2. The smallest absolute Gasteiger partial charge is 0.0445 e. The summed E-state index contributed by atoms with van der Waals surface area (Å²) in [5, 5.41) is 6.12. The van der Waals surface area contributed by atoms with Crippen molar-refractivity contribution in [2.75, 3.05) is 25.0 Å². The number of anilines is 1. The van der Waals surface area contributed by atoms with Crippen LogP contribution in [0, 0.1) is 0 Å². The van der Waals surface area contributed by atoms with E-state index in [0.717, 1.165) is 13.1 Å². The molecular weight excluding hydrogens is 291 g/mol. The predicted molar refractivity (Wildman–Crippen MR) is 92.7 cm³/mol. The topological polar surface area (TPSA) is 15.3 Å². The van der Waals surface area contributed by atoms with Crippen LogP contribution in [-0.2, 0) is 0 Å². The van der Waals surface area contributed by atoms with Gasteiger partial charge >= 0.3 is 0 Å². The standard InChI is InChI=1S/C16H20N2.2ClH/c1-18(14-9-11-17-12-10-14)16-8-4-6-13-5-2-3-7-15(13)16;;/h2-8,14,17H,9-12H2,1H3;2*1H. The monoisotopic (exact) mass is 312 g/mol. The zero-order chi connectivity index (χ0) is 12.4. The van der Waals surface area contributed by atoms with E-state index in [9.17, 15) is 0 Å². The van der Waals surface area contributed by atoms with Gasteiger partial charge in [-0.15, -0.1) is 24.8 Å². The molecule has 0 aromatic heterocycles. The molecule has 1 saturated heterocycles. The van der Waals surface area contributed by atoms with E-state index in [4.69, 9.17) is 0 Å². The first-order valence-electron chi connectivity index (χ1n) is 6.77. The summed E-state index contributed by atoms with van der Waals surface area (Å²) >= 11 is 0. The van der Waals surface area contributed by atoms with Gasteiger partial charge < -0.3 is 10.2 Å². The summed E-state index contributed by atoms with van der Waals surface area (Å²) in [7, 11) is 2.23. The van der Waals surface area contributed by atoms with Crippen LogP contribution < -0.4 is 10.2 Å². The molecule has 0 saturated carbocycles. The fraction of sp³-hybridized carbons (Fsp3) is 0.375. The minimum atomic E-state index is 0. The molecule has 0 spiro atoms. The fourth-order valence-electron chi connectivity index (χ4n) is 2.91. The van der Waals surface area contributed by atoms with E-state index in [0.29, 0.717) is 6.04 Å². The molecule has 0 amide bonds. The molecule has 2 aromatic carbocycles. The summed E-state index contributed by atoms with van der Waals surface area (Å²) in [6.45, 7) is 2.28. The van der Waals surface area contributed by atoms with E-state index in [1.165, 1.54) is 29.3 Å². The highest BCUT2D eigenvalue weighted by Crippen LogP contribution is 2.28. The highest BCUT2D eigenvalue weighted by molar-refractivity contribution is 5.94. The van der Waals surface area contributed by atoms with Gasteiger partial charge in [-0.05, 0) is 37.4 Å². The second-order valence-corrected chi connectivity index (χ2v) is 5.09. The molecule has 110 valence electrons. The Balaban J connectivity index is 0.000001000. The van der Waals surface area contributed by atoms with Crippen LogP contribution in [-0.4, -0.2) is 26.2 Å². The molecule has 2 aromatic rings. The first-order valence-corrected chi connectivity index (χ1v) is 6.77. The van der Waals surface area contributed by atoms with Gasteiger partial charge in [-0.1, -0.05) is 36.4 Å². The molecule has 3 rings (SSSR count). The maximum absolute atomic E-state index is 3.43. The van der Waals surface area contributed by atoms with E-state index < -0.39 is 0 Å². The minimum absolute atomic E-state index is 0. The van der Waals surface area contributed by atoms with E-state index in [2.05, 4.69) is 59.7 Å². The van der Waals surface area contributed by atoms with Crippen LogP contribution in [0.1, 0.15) is 12.8 Å². The Bertz CT molecular complexity index is 533.